The number of imidazole rings is 1. The minimum Gasteiger partial charge on any atom is -0.383 e. The Bertz CT molecular complexity index is 7190. The summed E-state index contributed by atoms with van der Waals surface area (Å²) in [5, 5.41) is 15.7. The first-order valence-corrected chi connectivity index (χ1v) is 55.7. The third-order valence-electron chi connectivity index (χ3n) is 25.8. The molecule has 0 aliphatic carbocycles. The number of amides is 1. The first-order chi connectivity index (χ1) is 72.3. The number of nitrogens with two attached hydrogens (primary N) is 5. The normalized spacial score (nSPS) is 13.4. The van der Waals surface area contributed by atoms with Gasteiger partial charge in [-0.15, -0.1) is 56.7 Å². The summed E-state index contributed by atoms with van der Waals surface area (Å²) in [7, 11) is 3.98. The number of nitrogens with zero attached hydrogens (tertiary/aromatic N) is 9. The Balaban J connectivity index is 0.000000139. The van der Waals surface area contributed by atoms with Crippen LogP contribution < -0.4 is 34.0 Å². The molecule has 16 aromatic rings. The molecule has 3 saturated heterocycles. The van der Waals surface area contributed by atoms with Crippen LogP contribution in [0.5, 0.6) is 0 Å². The lowest BCUT2D eigenvalue weighted by atomic mass is 9.97. The van der Waals surface area contributed by atoms with Crippen LogP contribution in [0.15, 0.2) is 201 Å². The van der Waals surface area contributed by atoms with E-state index in [9.17, 15) is 24.0 Å². The summed E-state index contributed by atoms with van der Waals surface area (Å²) < 4.78 is 41.5. The van der Waals surface area contributed by atoms with Crippen molar-refractivity contribution in [3.8, 4) is 0 Å². The fraction of sp³-hybridized carbons (Fsp3) is 0.348. The predicted molar refractivity (Wildman–Crippen MR) is 606 cm³/mol. The first-order valence-electron chi connectivity index (χ1n) is 49.7. The molecule has 149 heavy (non-hydrogen) atoms. The van der Waals surface area contributed by atoms with E-state index in [1.165, 1.54) is 82.6 Å². The Morgan fingerprint density at radius 3 is 1.07 bits per heavy atom. The second-order valence-electron chi connectivity index (χ2n) is 36.8. The van der Waals surface area contributed by atoms with Crippen molar-refractivity contribution in [1.82, 2.24) is 49.6 Å². The molecule has 37 heteroatoms. The lowest BCUT2D eigenvalue weighted by Crippen LogP contribution is -2.23. The number of ether oxygens (including phenoxy) is 7. The number of aromatic nitrogens is 7. The van der Waals surface area contributed by atoms with Crippen molar-refractivity contribution in [2.24, 2.45) is 11.8 Å². The Morgan fingerprint density at radius 2 is 0.711 bits per heavy atom. The van der Waals surface area contributed by atoms with Gasteiger partial charge in [-0.2, -0.15) is 0 Å². The van der Waals surface area contributed by atoms with Gasteiger partial charge in [-0.05, 0) is 231 Å². The maximum atomic E-state index is 12.7. The number of rotatable bonds is 43. The zero-order valence-electron chi connectivity index (χ0n) is 83.2. The molecular formula is C112H122Cl5N15O12S5. The van der Waals surface area contributed by atoms with Crippen LogP contribution in [0, 0.1) is 11.8 Å². The van der Waals surface area contributed by atoms with Crippen LogP contribution >= 0.6 is 115 Å². The maximum absolute atomic E-state index is 12.7. The van der Waals surface area contributed by atoms with Gasteiger partial charge >= 0.3 is 0 Å². The molecule has 1 amide bonds. The third-order valence-corrected chi connectivity index (χ3v) is 33.7. The number of nitrogen functional groups attached to an aromatic ring is 5. The molecule has 0 saturated carbocycles. The highest BCUT2D eigenvalue weighted by atomic mass is 35.5. The largest absolute Gasteiger partial charge is 0.383 e. The summed E-state index contributed by atoms with van der Waals surface area (Å²) in [5.74, 6) is 4.08. The first kappa shape index (κ1) is 112. The molecule has 0 spiro atoms. The number of likely N-dealkylation sites (N-methyl/N-ethyl adjacent to an activating group) is 1. The molecule has 0 unspecified atom stereocenters. The van der Waals surface area contributed by atoms with Gasteiger partial charge in [0.2, 0.25) is 0 Å². The molecule has 19 rings (SSSR count). The highest BCUT2D eigenvalue weighted by Gasteiger charge is 2.24. The number of hydrogen-bond donors (Lipinski definition) is 6. The van der Waals surface area contributed by atoms with Crippen molar-refractivity contribution in [3.05, 3.63) is 303 Å². The van der Waals surface area contributed by atoms with Gasteiger partial charge in [0.05, 0.1) is 115 Å². The monoisotopic (exact) mass is 2200 g/mol. The van der Waals surface area contributed by atoms with Crippen molar-refractivity contribution in [2.75, 3.05) is 128 Å². The second-order valence-corrected chi connectivity index (χ2v) is 44.5. The number of anilines is 5. The molecule has 0 bridgehead atoms. The van der Waals surface area contributed by atoms with Crippen molar-refractivity contribution >= 4 is 227 Å². The fourth-order valence-corrected chi connectivity index (χ4v) is 23.6. The number of Topliss-reactive ketones (excluding diaryl/α,β-unsaturated/α-hetero) is 4. The van der Waals surface area contributed by atoms with Gasteiger partial charge < -0.3 is 81.5 Å². The second kappa shape index (κ2) is 57.0. The van der Waals surface area contributed by atoms with Crippen LogP contribution in [0.2, 0.25) is 25.1 Å². The fourth-order valence-electron chi connectivity index (χ4n) is 17.2. The van der Waals surface area contributed by atoms with Crippen LogP contribution in [0.1, 0.15) is 171 Å². The molecule has 3 aliphatic rings. The molecule has 782 valence electrons. The minimum absolute atomic E-state index is 0.0842. The summed E-state index contributed by atoms with van der Waals surface area (Å²) in [6.45, 7) is 14.1. The van der Waals surface area contributed by atoms with Crippen molar-refractivity contribution < 1.29 is 57.1 Å². The zero-order valence-corrected chi connectivity index (χ0v) is 91.1. The average Bonchev–Trinajstić information content (AvgIpc) is 1.82. The lowest BCUT2D eigenvalue weighted by Gasteiger charge is -2.21. The van der Waals surface area contributed by atoms with E-state index in [0.717, 1.165) is 184 Å². The number of likely N-dealkylation sites (tertiary alicyclic amines) is 1. The van der Waals surface area contributed by atoms with Crippen LogP contribution in [-0.4, -0.2) is 173 Å². The number of ketones is 4. The summed E-state index contributed by atoms with van der Waals surface area (Å²) >= 11 is 38.7. The number of benzene rings is 5. The molecule has 11 N–H and O–H groups in total. The van der Waals surface area contributed by atoms with E-state index in [0.29, 0.717) is 214 Å². The van der Waals surface area contributed by atoms with Crippen LogP contribution in [0.3, 0.4) is 0 Å². The highest BCUT2D eigenvalue weighted by molar-refractivity contribution is 7.16. The van der Waals surface area contributed by atoms with Gasteiger partial charge in [0.1, 0.15) is 29.1 Å². The lowest BCUT2D eigenvalue weighted by molar-refractivity contribution is 0.0163. The number of aryl methyl sites for hydroxylation is 4. The van der Waals surface area contributed by atoms with Crippen LogP contribution in [0.4, 0.5) is 29.1 Å². The number of fused-ring (bicyclic) bond motifs is 5. The average molecular weight is 2210 g/mol. The van der Waals surface area contributed by atoms with Crippen molar-refractivity contribution in [2.45, 2.75) is 142 Å². The number of halogens is 5. The topological polar surface area (TPSA) is 381 Å². The van der Waals surface area contributed by atoms with E-state index >= 15 is 0 Å². The molecule has 11 aromatic heterocycles. The molecule has 27 nitrogen and oxygen atoms in total. The number of thiophene rings is 5. The predicted octanol–water partition coefficient (Wildman–Crippen LogP) is 24.2. The molecular weight excluding hydrogens is 2080 g/mol. The SMILES string of the molecule is CN(C)CCOCc1sc(C(=O)NCc2ccc3c(N)nccc3c2)cc1Cl.Nc1nccc2cc(CCC(=O)c3cc(Cl)c(COCC4CCOCC4)s3)ccc12.Nc1nccc2cc(CCC(=O)c3cc(Cl)c(COCCC4CCOCC4)s3)ccc12.Nc1nccc2cc(CCC(=O)c3cc(Cl)c(COCCN4CCCC4)s3)ccc12.Nc1nccc2cc(CCC(=O)c3cc(Cl)c(COCCn4ccnc4)s3)ccc12. The van der Waals surface area contributed by atoms with Gasteiger partial charge in [-0.25, -0.2) is 29.9 Å². The number of hydrogen-bond acceptors (Lipinski definition) is 30. The van der Waals surface area contributed by atoms with Gasteiger partial charge in [0, 0.05) is 180 Å². The standard InChI is InChI=1S/C24H27ClN2O3S.C23H26ClN3O2S.C23H25ClN2O3S.C22H21ClN4O2S.C20H23ClN4O2S/c25-20-14-22(31-23(20)15-30-12-8-16-6-10-29-11-7-16)21(28)4-2-17-1-3-19-18(13-17)5-9-27-24(19)26;24-19-14-21(30-22(19)15-29-12-11-27-9-1-2-10-27)20(28)6-4-16-3-5-18-17(13-16)7-8-26-23(18)25;24-19-12-21(30-22(19)14-29-13-16-6-9-28-10-7-16)20(27)4-2-15-1-3-18-17(11-15)5-8-26-23(18)25;23-18-12-20(30-21(18)13-29-10-9-27-8-7-25-14-27)19(28)4-2-15-1-3-17-16(11-15)5-6-26-22(17)24;1-25(2)7-8-27-12-18-16(21)10-17(28-18)20(26)24-11-13-3-4-15-14(9-13)5-6-23-19(15)22/h1,3,5,9,13-14,16H,2,4,6-8,10-12,15H2,(H2,26,27);3,5,7-8,13-14H,1-2,4,6,9-12,15H2,(H2,25,26);1,3,5,8,11-12,16H,2,4,6-7,9-10,13-14H2,(H2,25,26);1,3,5-8,11-12,14H,2,4,9-10,13H2,(H2,24,26);3-6,9-10H,7-8,11-12H2,1-2H3,(H2,22,23)(H,24,26). The Hall–Kier alpha value is -10.9. The summed E-state index contributed by atoms with van der Waals surface area (Å²) in [4.78, 5) is 100. The quantitative estimate of drug-likeness (QED) is 0.0153. The minimum atomic E-state index is -0.152. The summed E-state index contributed by atoms with van der Waals surface area (Å²) in [6.07, 6.45) is 26.2. The molecule has 0 radical (unpaired) electrons. The van der Waals surface area contributed by atoms with Crippen molar-refractivity contribution in [1.29, 1.82) is 0 Å². The van der Waals surface area contributed by atoms with E-state index in [-0.39, 0.29) is 29.0 Å². The Morgan fingerprint density at radius 1 is 0.389 bits per heavy atom. The van der Waals surface area contributed by atoms with Gasteiger partial charge in [-0.3, -0.25) is 24.0 Å². The number of nitrogens with one attached hydrogen (secondary N) is 1. The maximum Gasteiger partial charge on any atom is 0.261 e. The Labute approximate surface area is 911 Å². The smallest absolute Gasteiger partial charge is 0.261 e. The summed E-state index contributed by atoms with van der Waals surface area (Å²) in [5.41, 5.74) is 34.9. The van der Waals surface area contributed by atoms with E-state index < -0.39 is 0 Å². The van der Waals surface area contributed by atoms with E-state index in [2.05, 4.69) is 64.4 Å². The number of carbonyl (C=O) groups excluding carboxylic acids is 5. The van der Waals surface area contributed by atoms with E-state index in [4.69, 9.17) is 120 Å². The molecule has 5 aromatic carbocycles. The van der Waals surface area contributed by atoms with E-state index in [1.54, 1.807) is 73.8 Å². The molecule has 3 fully saturated rings. The van der Waals surface area contributed by atoms with Gasteiger partial charge in [0.25, 0.3) is 5.91 Å². The molecule has 3 aliphatic heterocycles. The summed E-state index contributed by atoms with van der Waals surface area (Å²) in [6, 6.07) is 48.4. The zero-order chi connectivity index (χ0) is 104. The number of carbonyl (C=O) groups is 5. The van der Waals surface area contributed by atoms with Crippen LogP contribution in [-0.2, 0) is 105 Å². The number of pyridine rings is 5. The van der Waals surface area contributed by atoms with Crippen LogP contribution in [0.25, 0.3) is 53.9 Å². The molecule has 0 atom stereocenters. The van der Waals surface area contributed by atoms with Gasteiger partial charge in [-0.1, -0.05) is 143 Å². The highest BCUT2D eigenvalue weighted by Crippen LogP contribution is 2.37. The molecule has 14 heterocycles. The van der Waals surface area contributed by atoms with E-state index in [1.807, 2.05) is 127 Å². The Kier molecular flexibility index (Phi) is 42.9. The van der Waals surface area contributed by atoms with Crippen molar-refractivity contribution in [3.63, 3.8) is 0 Å². The van der Waals surface area contributed by atoms with Gasteiger partial charge in [0.15, 0.2) is 23.1 Å². The third kappa shape index (κ3) is 33.6.